The van der Waals surface area contributed by atoms with Crippen molar-refractivity contribution in [2.75, 3.05) is 20.2 Å². The van der Waals surface area contributed by atoms with Gasteiger partial charge in [0, 0.05) is 43.5 Å². The van der Waals surface area contributed by atoms with E-state index in [1.165, 1.54) is 31.3 Å². The average Bonchev–Trinajstić information content (AvgIpc) is 2.76. The van der Waals surface area contributed by atoms with Crippen molar-refractivity contribution in [3.63, 3.8) is 0 Å². The summed E-state index contributed by atoms with van der Waals surface area (Å²) >= 11 is 0. The molecule has 1 aromatic rings. The monoisotopic (exact) mass is 420 g/mol. The van der Waals surface area contributed by atoms with Gasteiger partial charge in [-0.2, -0.15) is 0 Å². The maximum atomic E-state index is 12.7. The van der Waals surface area contributed by atoms with Crippen molar-refractivity contribution in [1.29, 1.82) is 0 Å². The first-order valence-electron chi connectivity index (χ1n) is 9.87. The first-order chi connectivity index (χ1) is 14.3. The molecule has 1 fully saturated rings. The van der Waals surface area contributed by atoms with Crippen molar-refractivity contribution >= 4 is 23.7 Å². The fourth-order valence-electron chi connectivity index (χ4n) is 3.28. The lowest BCUT2D eigenvalue weighted by molar-refractivity contribution is -0.148. The molecule has 10 heteroatoms. The van der Waals surface area contributed by atoms with E-state index in [0.717, 1.165) is 0 Å². The number of rotatable bonds is 8. The number of esters is 1. The van der Waals surface area contributed by atoms with Crippen molar-refractivity contribution in [1.82, 2.24) is 20.5 Å². The summed E-state index contributed by atoms with van der Waals surface area (Å²) in [5, 5.41) is 15.3. The molecule has 3 N–H and O–H groups in total. The standard InChI is InChI=1S/C20H28N4O6/c1-13(25)20(29)24-11-7-15(23-18(27)14-5-9-21-10-6-14)12-16(24)19(28)22-8-3-4-17(26)30-2/h5-6,9-10,13,15-16,25H,3-4,7-8,11-12H2,1-2H3,(H,22,28)(H,23,27)/t13-,15-,16-/m0/s1. The molecule has 10 nitrogen and oxygen atoms in total. The fraction of sp³-hybridized carbons (Fsp3) is 0.550. The fourth-order valence-corrected chi connectivity index (χ4v) is 3.28. The van der Waals surface area contributed by atoms with Gasteiger partial charge in [-0.3, -0.25) is 24.2 Å². The number of nitrogens with zero attached hydrogens (tertiary/aromatic N) is 2. The van der Waals surface area contributed by atoms with Crippen LogP contribution in [0, 0.1) is 0 Å². The number of aliphatic hydroxyl groups is 1. The Balaban J connectivity index is 2.00. The molecule has 0 aliphatic carbocycles. The number of hydrogen-bond acceptors (Lipinski definition) is 7. The van der Waals surface area contributed by atoms with Gasteiger partial charge in [0.25, 0.3) is 11.8 Å². The first kappa shape index (κ1) is 23.3. The molecule has 3 amide bonds. The highest BCUT2D eigenvalue weighted by Gasteiger charge is 2.37. The summed E-state index contributed by atoms with van der Waals surface area (Å²) in [6.45, 7) is 1.82. The molecule has 2 heterocycles. The lowest BCUT2D eigenvalue weighted by atomic mass is 9.95. The van der Waals surface area contributed by atoms with Crippen molar-refractivity contribution < 1.29 is 29.0 Å². The number of methoxy groups -OCH3 is 1. The number of piperidine rings is 1. The van der Waals surface area contributed by atoms with Gasteiger partial charge < -0.3 is 25.4 Å². The van der Waals surface area contributed by atoms with E-state index in [2.05, 4.69) is 20.4 Å². The molecular weight excluding hydrogens is 392 g/mol. The number of carbonyl (C=O) groups excluding carboxylic acids is 4. The summed E-state index contributed by atoms with van der Waals surface area (Å²) in [6, 6.07) is 2.04. The lowest BCUT2D eigenvalue weighted by Crippen LogP contribution is -2.59. The third-order valence-corrected chi connectivity index (χ3v) is 4.91. The molecule has 0 radical (unpaired) electrons. The third-order valence-electron chi connectivity index (χ3n) is 4.91. The van der Waals surface area contributed by atoms with Gasteiger partial charge in [-0.25, -0.2) is 0 Å². The van der Waals surface area contributed by atoms with E-state index < -0.39 is 24.0 Å². The van der Waals surface area contributed by atoms with E-state index in [1.54, 1.807) is 12.1 Å². The molecule has 1 aromatic heterocycles. The summed E-state index contributed by atoms with van der Waals surface area (Å²) < 4.78 is 4.56. The minimum Gasteiger partial charge on any atom is -0.469 e. The molecule has 1 aliphatic rings. The van der Waals surface area contributed by atoms with Crippen LogP contribution < -0.4 is 10.6 Å². The van der Waals surface area contributed by atoms with Gasteiger partial charge in [0.1, 0.15) is 12.1 Å². The van der Waals surface area contributed by atoms with Crippen LogP contribution in [0.15, 0.2) is 24.5 Å². The largest absolute Gasteiger partial charge is 0.469 e. The number of carbonyl (C=O) groups is 4. The number of aromatic nitrogens is 1. The van der Waals surface area contributed by atoms with Gasteiger partial charge in [0.05, 0.1) is 7.11 Å². The zero-order valence-electron chi connectivity index (χ0n) is 17.2. The Bertz CT molecular complexity index is 755. The molecule has 2 rings (SSSR count). The Morgan fingerprint density at radius 1 is 1.30 bits per heavy atom. The van der Waals surface area contributed by atoms with Crippen LogP contribution in [-0.2, 0) is 19.1 Å². The Hall–Kier alpha value is -3.01. The van der Waals surface area contributed by atoms with E-state index in [0.29, 0.717) is 18.4 Å². The Labute approximate surface area is 175 Å². The summed E-state index contributed by atoms with van der Waals surface area (Å²) in [7, 11) is 1.29. The minimum absolute atomic E-state index is 0.169. The number of pyridine rings is 1. The highest BCUT2D eigenvalue weighted by molar-refractivity contribution is 5.94. The number of aliphatic hydroxyl groups excluding tert-OH is 1. The van der Waals surface area contributed by atoms with E-state index >= 15 is 0 Å². The highest BCUT2D eigenvalue weighted by atomic mass is 16.5. The molecule has 3 atom stereocenters. The van der Waals surface area contributed by atoms with Crippen molar-refractivity contribution in [2.24, 2.45) is 0 Å². The van der Waals surface area contributed by atoms with Crippen LogP contribution in [-0.4, -0.2) is 77.1 Å². The van der Waals surface area contributed by atoms with Gasteiger partial charge in [-0.05, 0) is 38.3 Å². The average molecular weight is 420 g/mol. The second-order valence-corrected chi connectivity index (χ2v) is 7.12. The van der Waals surface area contributed by atoms with Crippen LogP contribution in [0.5, 0.6) is 0 Å². The van der Waals surface area contributed by atoms with E-state index in [9.17, 15) is 24.3 Å². The number of nitrogens with one attached hydrogen (secondary N) is 2. The van der Waals surface area contributed by atoms with Gasteiger partial charge in [0.2, 0.25) is 5.91 Å². The molecule has 164 valence electrons. The lowest BCUT2D eigenvalue weighted by Gasteiger charge is -2.39. The van der Waals surface area contributed by atoms with Gasteiger partial charge >= 0.3 is 5.97 Å². The number of amides is 3. The third kappa shape index (κ3) is 6.51. The number of hydrogen-bond donors (Lipinski definition) is 3. The maximum Gasteiger partial charge on any atom is 0.305 e. The van der Waals surface area contributed by atoms with Crippen LogP contribution in [0.4, 0.5) is 0 Å². The highest BCUT2D eigenvalue weighted by Crippen LogP contribution is 2.20. The second kappa shape index (κ2) is 11.2. The van der Waals surface area contributed by atoms with E-state index in [-0.39, 0.29) is 43.8 Å². The van der Waals surface area contributed by atoms with Crippen LogP contribution in [0.1, 0.15) is 43.0 Å². The van der Waals surface area contributed by atoms with Crippen LogP contribution in [0.3, 0.4) is 0 Å². The van der Waals surface area contributed by atoms with Crippen LogP contribution >= 0.6 is 0 Å². The molecule has 0 bridgehead atoms. The Morgan fingerprint density at radius 2 is 2.00 bits per heavy atom. The zero-order chi connectivity index (χ0) is 22.1. The maximum absolute atomic E-state index is 12.7. The van der Waals surface area contributed by atoms with Crippen LogP contribution in [0.2, 0.25) is 0 Å². The smallest absolute Gasteiger partial charge is 0.305 e. The van der Waals surface area contributed by atoms with Crippen molar-refractivity contribution in [3.05, 3.63) is 30.1 Å². The molecule has 0 unspecified atom stereocenters. The summed E-state index contributed by atoms with van der Waals surface area (Å²) in [5.41, 5.74) is 0.455. The van der Waals surface area contributed by atoms with Crippen molar-refractivity contribution in [3.8, 4) is 0 Å². The van der Waals surface area contributed by atoms with E-state index in [1.807, 2.05) is 0 Å². The van der Waals surface area contributed by atoms with Crippen molar-refractivity contribution in [2.45, 2.75) is 50.8 Å². The summed E-state index contributed by atoms with van der Waals surface area (Å²) in [4.78, 5) is 53.9. The predicted octanol–water partition coefficient (Wildman–Crippen LogP) is -0.379. The second-order valence-electron chi connectivity index (χ2n) is 7.12. The minimum atomic E-state index is -1.23. The first-order valence-corrected chi connectivity index (χ1v) is 9.87. The SMILES string of the molecule is COC(=O)CCCNC(=O)[C@@H]1C[C@@H](NC(=O)c2ccncc2)CCN1C(=O)[C@H](C)O. The van der Waals surface area contributed by atoms with Gasteiger partial charge in [-0.1, -0.05) is 0 Å². The molecule has 1 aliphatic heterocycles. The van der Waals surface area contributed by atoms with E-state index in [4.69, 9.17) is 0 Å². The Morgan fingerprint density at radius 3 is 2.63 bits per heavy atom. The molecule has 0 aromatic carbocycles. The Kier molecular flexibility index (Phi) is 8.72. The zero-order valence-corrected chi connectivity index (χ0v) is 17.2. The normalized spacial score (nSPS) is 19.5. The predicted molar refractivity (Wildman–Crippen MR) is 106 cm³/mol. The molecule has 0 saturated carbocycles. The number of likely N-dealkylation sites (tertiary alicyclic amines) is 1. The van der Waals surface area contributed by atoms with Gasteiger partial charge in [-0.15, -0.1) is 0 Å². The number of ether oxygens (including phenoxy) is 1. The summed E-state index contributed by atoms with van der Waals surface area (Å²) in [6.07, 6.45) is 3.05. The van der Waals surface area contributed by atoms with Gasteiger partial charge in [0.15, 0.2) is 0 Å². The summed E-state index contributed by atoms with van der Waals surface area (Å²) in [5.74, 6) is -1.58. The molecular formula is C20H28N4O6. The topological polar surface area (TPSA) is 138 Å². The van der Waals surface area contributed by atoms with Crippen LogP contribution in [0.25, 0.3) is 0 Å². The molecule has 30 heavy (non-hydrogen) atoms. The molecule has 0 spiro atoms. The quantitative estimate of drug-likeness (QED) is 0.385. The molecule has 1 saturated heterocycles.